The summed E-state index contributed by atoms with van der Waals surface area (Å²) >= 11 is 17.0. The molecular formula is C13H14Cl2N2OS. The average Bonchev–Trinajstić information content (AvgIpc) is 2.41. The largest absolute Gasteiger partial charge is 0.393 e. The summed E-state index contributed by atoms with van der Waals surface area (Å²) in [6.45, 7) is 1.25. The predicted molar refractivity (Wildman–Crippen MR) is 81.9 cm³/mol. The maximum atomic E-state index is 12.4. The molecule has 3 nitrogen and oxygen atoms in total. The Bertz CT molecular complexity index is 521. The van der Waals surface area contributed by atoms with Crippen molar-refractivity contribution in [2.75, 3.05) is 13.1 Å². The summed E-state index contributed by atoms with van der Waals surface area (Å²) in [5.74, 6) is -0.0286. The standard InChI is InChI=1S/C13H14Cl2N2OS/c14-9-3-4-11(15)10(6-9)13(18)17-5-1-2-8(7-17)12(16)19/h3-4,6,8H,1-2,5,7H2,(H2,16,19). The van der Waals surface area contributed by atoms with Crippen molar-refractivity contribution in [3.63, 3.8) is 0 Å². The van der Waals surface area contributed by atoms with E-state index < -0.39 is 0 Å². The minimum absolute atomic E-state index is 0.0886. The Labute approximate surface area is 127 Å². The van der Waals surface area contributed by atoms with Crippen LogP contribution in [-0.4, -0.2) is 28.9 Å². The van der Waals surface area contributed by atoms with Gasteiger partial charge in [0.2, 0.25) is 0 Å². The van der Waals surface area contributed by atoms with Gasteiger partial charge in [0.05, 0.1) is 15.6 Å². The van der Waals surface area contributed by atoms with Crippen molar-refractivity contribution in [1.82, 2.24) is 4.90 Å². The van der Waals surface area contributed by atoms with E-state index >= 15 is 0 Å². The molecule has 1 fully saturated rings. The molecule has 0 saturated carbocycles. The number of hydrogen-bond acceptors (Lipinski definition) is 2. The minimum Gasteiger partial charge on any atom is -0.393 e. The molecule has 19 heavy (non-hydrogen) atoms. The fourth-order valence-corrected chi connectivity index (χ4v) is 2.79. The zero-order valence-corrected chi connectivity index (χ0v) is 12.6. The number of nitrogens with zero attached hydrogens (tertiary/aromatic N) is 1. The van der Waals surface area contributed by atoms with E-state index in [1.807, 2.05) is 0 Å². The lowest BCUT2D eigenvalue weighted by Crippen LogP contribution is -2.43. The molecule has 1 aromatic carbocycles. The van der Waals surface area contributed by atoms with Gasteiger partial charge in [-0.25, -0.2) is 0 Å². The van der Waals surface area contributed by atoms with E-state index in [0.29, 0.717) is 33.7 Å². The second-order valence-electron chi connectivity index (χ2n) is 4.62. The number of amides is 1. The number of nitrogens with two attached hydrogens (primary N) is 1. The number of piperidine rings is 1. The number of carbonyl (C=O) groups is 1. The number of thiocarbonyl (C=S) groups is 1. The first-order valence-electron chi connectivity index (χ1n) is 6.02. The van der Waals surface area contributed by atoms with Gasteiger partial charge in [0.1, 0.15) is 0 Å². The lowest BCUT2D eigenvalue weighted by atomic mass is 9.97. The number of rotatable bonds is 2. The number of benzene rings is 1. The van der Waals surface area contributed by atoms with Gasteiger partial charge in [0, 0.05) is 24.0 Å². The first-order valence-corrected chi connectivity index (χ1v) is 7.19. The highest BCUT2D eigenvalue weighted by molar-refractivity contribution is 7.80. The Hall–Kier alpha value is -0.840. The van der Waals surface area contributed by atoms with Crippen molar-refractivity contribution in [1.29, 1.82) is 0 Å². The van der Waals surface area contributed by atoms with Crippen molar-refractivity contribution in [2.24, 2.45) is 11.7 Å². The SMILES string of the molecule is NC(=S)C1CCCN(C(=O)c2cc(Cl)ccc2Cl)C1. The van der Waals surface area contributed by atoms with Crippen molar-refractivity contribution >= 4 is 46.3 Å². The van der Waals surface area contributed by atoms with Gasteiger partial charge in [-0.2, -0.15) is 0 Å². The second-order valence-corrected chi connectivity index (χ2v) is 5.93. The molecule has 0 spiro atoms. The molecule has 1 unspecified atom stereocenters. The van der Waals surface area contributed by atoms with Crippen molar-refractivity contribution in [3.05, 3.63) is 33.8 Å². The van der Waals surface area contributed by atoms with E-state index in [9.17, 15) is 4.79 Å². The number of hydrogen-bond donors (Lipinski definition) is 1. The van der Waals surface area contributed by atoms with E-state index in [-0.39, 0.29) is 11.8 Å². The van der Waals surface area contributed by atoms with Crippen LogP contribution in [0.15, 0.2) is 18.2 Å². The smallest absolute Gasteiger partial charge is 0.255 e. The van der Waals surface area contributed by atoms with Crippen LogP contribution < -0.4 is 5.73 Å². The summed E-state index contributed by atoms with van der Waals surface area (Å²) in [6, 6.07) is 4.89. The zero-order chi connectivity index (χ0) is 14.0. The highest BCUT2D eigenvalue weighted by Crippen LogP contribution is 2.25. The summed E-state index contributed by atoms with van der Waals surface area (Å²) in [5, 5.41) is 0.905. The molecule has 0 aromatic heterocycles. The molecule has 102 valence electrons. The highest BCUT2D eigenvalue weighted by Gasteiger charge is 2.27. The van der Waals surface area contributed by atoms with E-state index in [4.69, 9.17) is 41.2 Å². The number of carbonyl (C=O) groups excluding carboxylic acids is 1. The Morgan fingerprint density at radius 1 is 1.42 bits per heavy atom. The van der Waals surface area contributed by atoms with Gasteiger partial charge < -0.3 is 10.6 Å². The normalized spacial score (nSPS) is 19.3. The van der Waals surface area contributed by atoms with Crippen LogP contribution in [0.1, 0.15) is 23.2 Å². The average molecular weight is 317 g/mol. The molecule has 1 saturated heterocycles. The molecule has 1 atom stereocenters. The second kappa shape index (κ2) is 6.07. The van der Waals surface area contributed by atoms with Gasteiger partial charge in [0.25, 0.3) is 5.91 Å². The minimum atomic E-state index is -0.117. The van der Waals surface area contributed by atoms with Gasteiger partial charge in [0.15, 0.2) is 0 Å². The third-order valence-electron chi connectivity index (χ3n) is 3.27. The molecule has 6 heteroatoms. The van der Waals surface area contributed by atoms with Gasteiger partial charge in [-0.05, 0) is 31.0 Å². The molecule has 1 aliphatic heterocycles. The highest BCUT2D eigenvalue weighted by atomic mass is 35.5. The van der Waals surface area contributed by atoms with Crippen LogP contribution in [-0.2, 0) is 0 Å². The van der Waals surface area contributed by atoms with Crippen molar-refractivity contribution < 1.29 is 4.79 Å². The zero-order valence-electron chi connectivity index (χ0n) is 10.2. The maximum absolute atomic E-state index is 12.4. The molecular weight excluding hydrogens is 303 g/mol. The van der Waals surface area contributed by atoms with Crippen LogP contribution in [0, 0.1) is 5.92 Å². The van der Waals surface area contributed by atoms with E-state index in [1.54, 1.807) is 23.1 Å². The third kappa shape index (κ3) is 3.38. The Morgan fingerprint density at radius 2 is 2.16 bits per heavy atom. The first-order chi connectivity index (χ1) is 8.99. The van der Waals surface area contributed by atoms with E-state index in [2.05, 4.69) is 0 Å². The van der Waals surface area contributed by atoms with Crippen LogP contribution in [0.3, 0.4) is 0 Å². The van der Waals surface area contributed by atoms with E-state index in [1.165, 1.54) is 0 Å². The molecule has 2 N–H and O–H groups in total. The predicted octanol–water partition coefficient (Wildman–Crippen LogP) is 3.13. The third-order valence-corrected chi connectivity index (χ3v) is 4.17. The lowest BCUT2D eigenvalue weighted by Gasteiger charge is -2.32. The van der Waals surface area contributed by atoms with E-state index in [0.717, 1.165) is 12.8 Å². The van der Waals surface area contributed by atoms with Crippen molar-refractivity contribution in [3.8, 4) is 0 Å². The van der Waals surface area contributed by atoms with Gasteiger partial charge >= 0.3 is 0 Å². The molecule has 1 aromatic rings. The topological polar surface area (TPSA) is 46.3 Å². The summed E-state index contributed by atoms with van der Waals surface area (Å²) in [6.07, 6.45) is 1.83. The number of halogens is 2. The fraction of sp³-hybridized carbons (Fsp3) is 0.385. The first kappa shape index (κ1) is 14.6. The molecule has 1 heterocycles. The maximum Gasteiger partial charge on any atom is 0.255 e. The van der Waals surface area contributed by atoms with Crippen LogP contribution in [0.4, 0.5) is 0 Å². The molecule has 0 bridgehead atoms. The number of likely N-dealkylation sites (tertiary alicyclic amines) is 1. The Morgan fingerprint density at radius 3 is 2.84 bits per heavy atom. The quantitative estimate of drug-likeness (QED) is 0.853. The summed E-state index contributed by atoms with van der Waals surface area (Å²) in [5.41, 5.74) is 6.10. The van der Waals surface area contributed by atoms with Gasteiger partial charge in [-0.15, -0.1) is 0 Å². The van der Waals surface area contributed by atoms with Crippen LogP contribution >= 0.6 is 35.4 Å². The monoisotopic (exact) mass is 316 g/mol. The van der Waals surface area contributed by atoms with Gasteiger partial charge in [-0.1, -0.05) is 35.4 Å². The summed E-state index contributed by atoms with van der Waals surface area (Å²) < 4.78 is 0. The summed E-state index contributed by atoms with van der Waals surface area (Å²) in [7, 11) is 0. The van der Waals surface area contributed by atoms with Gasteiger partial charge in [-0.3, -0.25) is 4.79 Å². The molecule has 2 rings (SSSR count). The van der Waals surface area contributed by atoms with Crippen molar-refractivity contribution in [2.45, 2.75) is 12.8 Å². The lowest BCUT2D eigenvalue weighted by molar-refractivity contribution is 0.0704. The molecule has 0 radical (unpaired) electrons. The Kier molecular flexibility index (Phi) is 4.66. The summed E-state index contributed by atoms with van der Waals surface area (Å²) in [4.78, 5) is 14.6. The van der Waals surface area contributed by atoms with Crippen LogP contribution in [0.5, 0.6) is 0 Å². The molecule has 1 amide bonds. The van der Waals surface area contributed by atoms with Crippen LogP contribution in [0.25, 0.3) is 0 Å². The molecule has 1 aliphatic rings. The Balaban J connectivity index is 2.19. The van der Waals surface area contributed by atoms with Crippen LogP contribution in [0.2, 0.25) is 10.0 Å². The fourth-order valence-electron chi connectivity index (χ4n) is 2.23. The molecule has 0 aliphatic carbocycles.